The molecular weight excluding hydrogens is 475 g/mol. The Bertz CT molecular complexity index is 963. The molecule has 2 aliphatic carbocycles. The summed E-state index contributed by atoms with van der Waals surface area (Å²) in [7, 11) is 0. The van der Waals surface area contributed by atoms with Crippen molar-refractivity contribution in [2.75, 3.05) is 13.1 Å². The van der Waals surface area contributed by atoms with Gasteiger partial charge in [-0.05, 0) is 52.2 Å². The lowest BCUT2D eigenvalue weighted by Crippen LogP contribution is -2.36. The number of allylic oxidation sites excluding steroid dienone is 1. The van der Waals surface area contributed by atoms with Crippen LogP contribution < -0.4 is 21.0 Å². The summed E-state index contributed by atoms with van der Waals surface area (Å²) in [5.74, 6) is 1.11. The number of ether oxygens (including phenoxy) is 1. The highest BCUT2D eigenvalue weighted by Gasteiger charge is 2.33. The average Bonchev–Trinajstić information content (AvgIpc) is 3.37. The summed E-state index contributed by atoms with van der Waals surface area (Å²) in [6.45, 7) is -0.373. The van der Waals surface area contributed by atoms with E-state index in [-0.39, 0.29) is 12.4 Å². The van der Waals surface area contributed by atoms with Gasteiger partial charge in [0.05, 0.1) is 16.0 Å². The molecule has 0 aromatic carbocycles. The maximum absolute atomic E-state index is 12.4. The van der Waals surface area contributed by atoms with Crippen LogP contribution in [0.1, 0.15) is 18.4 Å². The van der Waals surface area contributed by atoms with Gasteiger partial charge in [0, 0.05) is 24.8 Å². The third-order valence-electron chi connectivity index (χ3n) is 4.41. The topological polar surface area (TPSA) is 61.5 Å². The minimum atomic E-state index is -4.32. The van der Waals surface area contributed by atoms with E-state index in [9.17, 15) is 13.2 Å². The second-order valence-electron chi connectivity index (χ2n) is 6.85. The lowest BCUT2D eigenvalue weighted by molar-refractivity contribution is -0.125. The first-order valence-electron chi connectivity index (χ1n) is 8.85. The molecular formula is C18H16BrClF3N5O. The van der Waals surface area contributed by atoms with Crippen LogP contribution in [0.5, 0.6) is 5.88 Å². The molecule has 2 heterocycles. The fourth-order valence-corrected chi connectivity index (χ4v) is 3.48. The summed E-state index contributed by atoms with van der Waals surface area (Å²) in [4.78, 5) is 4.11. The van der Waals surface area contributed by atoms with Crippen molar-refractivity contribution in [2.45, 2.75) is 25.6 Å². The summed E-state index contributed by atoms with van der Waals surface area (Å²) in [6.07, 6.45) is -0.518. The van der Waals surface area contributed by atoms with Gasteiger partial charge in [-0.15, -0.1) is 5.53 Å². The molecule has 0 bridgehead atoms. The average molecular weight is 491 g/mol. The molecule has 1 saturated heterocycles. The molecule has 11 heteroatoms. The van der Waals surface area contributed by atoms with Crippen LogP contribution in [-0.2, 0) is 6.54 Å². The Morgan fingerprint density at radius 1 is 1.38 bits per heavy atom. The quantitative estimate of drug-likeness (QED) is 0.508. The van der Waals surface area contributed by atoms with Gasteiger partial charge in [0.2, 0.25) is 5.88 Å². The van der Waals surface area contributed by atoms with Gasteiger partial charge >= 0.3 is 6.18 Å². The second-order valence-corrected chi connectivity index (χ2v) is 8.08. The SMILES string of the molecule is FC(F)(F)CNCc1cc(Cl)cnc1OC1=C=C=C2C(=C1Br)NNN2CC1CC1. The summed E-state index contributed by atoms with van der Waals surface area (Å²) in [5.41, 5.74) is 14.1. The number of fused-ring (bicyclic) bond motifs is 1. The highest BCUT2D eigenvalue weighted by Crippen LogP contribution is 2.35. The van der Waals surface area contributed by atoms with Crippen molar-refractivity contribution in [3.8, 4) is 5.88 Å². The number of alkyl halides is 3. The molecule has 0 atom stereocenters. The van der Waals surface area contributed by atoms with Gasteiger partial charge in [0.15, 0.2) is 5.76 Å². The Labute approximate surface area is 178 Å². The monoisotopic (exact) mass is 489 g/mol. The van der Waals surface area contributed by atoms with Crippen LogP contribution in [0, 0.1) is 5.92 Å². The zero-order valence-corrected chi connectivity index (χ0v) is 17.3. The number of rotatable bonds is 7. The molecule has 3 N–H and O–H groups in total. The lowest BCUT2D eigenvalue weighted by Gasteiger charge is -2.17. The number of hydrogen-bond donors (Lipinski definition) is 3. The fraction of sp³-hybridized carbons (Fsp3) is 0.389. The number of hydrogen-bond acceptors (Lipinski definition) is 6. The Hall–Kier alpha value is -1.93. The van der Waals surface area contributed by atoms with Crippen molar-refractivity contribution in [3.05, 3.63) is 55.9 Å². The largest absolute Gasteiger partial charge is 0.428 e. The van der Waals surface area contributed by atoms with Crippen LogP contribution in [0.4, 0.5) is 13.2 Å². The minimum Gasteiger partial charge on any atom is -0.428 e. The molecule has 1 aliphatic heterocycles. The highest BCUT2D eigenvalue weighted by molar-refractivity contribution is 9.12. The minimum absolute atomic E-state index is 0.107. The number of pyridine rings is 1. The summed E-state index contributed by atoms with van der Waals surface area (Å²) in [6, 6.07) is 1.51. The summed E-state index contributed by atoms with van der Waals surface area (Å²) >= 11 is 9.44. The molecule has 6 nitrogen and oxygen atoms in total. The number of hydrazine groups is 2. The van der Waals surface area contributed by atoms with E-state index in [1.165, 1.54) is 25.1 Å². The predicted molar refractivity (Wildman–Crippen MR) is 103 cm³/mol. The van der Waals surface area contributed by atoms with Gasteiger partial charge in [-0.25, -0.2) is 4.98 Å². The van der Waals surface area contributed by atoms with Crippen LogP contribution >= 0.6 is 27.5 Å². The first kappa shape index (κ1) is 20.3. The number of halogens is 5. The van der Waals surface area contributed by atoms with Gasteiger partial charge in [-0.1, -0.05) is 11.6 Å². The van der Waals surface area contributed by atoms with E-state index >= 15 is 0 Å². The van der Waals surface area contributed by atoms with E-state index in [0.29, 0.717) is 26.7 Å². The smallest absolute Gasteiger partial charge is 0.401 e. The van der Waals surface area contributed by atoms with Gasteiger partial charge in [-0.2, -0.15) is 13.2 Å². The van der Waals surface area contributed by atoms with Gasteiger partial charge in [0.1, 0.15) is 11.4 Å². The van der Waals surface area contributed by atoms with Crippen LogP contribution in [0.25, 0.3) is 0 Å². The molecule has 0 spiro atoms. The van der Waals surface area contributed by atoms with Crippen molar-refractivity contribution in [1.29, 1.82) is 0 Å². The molecule has 0 radical (unpaired) electrons. The Morgan fingerprint density at radius 3 is 2.90 bits per heavy atom. The zero-order valence-electron chi connectivity index (χ0n) is 15.0. The third-order valence-corrected chi connectivity index (χ3v) is 5.37. The fourth-order valence-electron chi connectivity index (χ4n) is 2.84. The molecule has 0 amide bonds. The first-order valence-corrected chi connectivity index (χ1v) is 10.0. The second kappa shape index (κ2) is 8.07. The molecule has 0 unspecified atom stereocenters. The zero-order chi connectivity index (χ0) is 20.6. The van der Waals surface area contributed by atoms with E-state index in [1.807, 2.05) is 5.01 Å². The maximum Gasteiger partial charge on any atom is 0.401 e. The lowest BCUT2D eigenvalue weighted by atomic mass is 10.2. The first-order chi connectivity index (χ1) is 13.8. The Kier molecular flexibility index (Phi) is 5.66. The van der Waals surface area contributed by atoms with Crippen LogP contribution in [0.2, 0.25) is 5.02 Å². The summed E-state index contributed by atoms with van der Waals surface area (Å²) < 4.78 is 43.7. The molecule has 1 aromatic heterocycles. The third kappa shape index (κ3) is 4.98. The van der Waals surface area contributed by atoms with Crippen LogP contribution in [-0.4, -0.2) is 29.3 Å². The van der Waals surface area contributed by atoms with Crippen LogP contribution in [0.15, 0.2) is 45.4 Å². The van der Waals surface area contributed by atoms with Crippen molar-refractivity contribution in [2.24, 2.45) is 5.92 Å². The van der Waals surface area contributed by atoms with Gasteiger partial charge in [0.25, 0.3) is 0 Å². The van der Waals surface area contributed by atoms with Gasteiger partial charge in [-0.3, -0.25) is 10.4 Å². The standard InChI is InChI=1S/C18H16BrClF3N5O/c19-15-14(4-3-13-16(15)26-27-28(13)8-10-1-2-10)29-17-11(5-12(20)7-25-17)6-24-9-18(21,22)23/h5,7,10,24,26-27H,1-2,6,8-9H2. The molecule has 1 saturated carbocycles. The predicted octanol–water partition coefficient (Wildman–Crippen LogP) is 3.64. The van der Waals surface area contributed by atoms with E-state index in [4.69, 9.17) is 16.3 Å². The molecule has 154 valence electrons. The molecule has 29 heavy (non-hydrogen) atoms. The van der Waals surface area contributed by atoms with Crippen molar-refractivity contribution < 1.29 is 17.9 Å². The van der Waals surface area contributed by atoms with Gasteiger partial charge < -0.3 is 10.1 Å². The number of nitrogens with one attached hydrogen (secondary N) is 3. The van der Waals surface area contributed by atoms with Crippen molar-refractivity contribution in [3.63, 3.8) is 0 Å². The van der Waals surface area contributed by atoms with E-state index in [2.05, 4.69) is 48.7 Å². The molecule has 2 fully saturated rings. The van der Waals surface area contributed by atoms with Crippen molar-refractivity contribution >= 4 is 27.5 Å². The van der Waals surface area contributed by atoms with E-state index in [0.717, 1.165) is 17.9 Å². The molecule has 1 aromatic rings. The van der Waals surface area contributed by atoms with E-state index in [1.54, 1.807) is 0 Å². The number of aromatic nitrogens is 1. The number of nitrogens with zero attached hydrogens (tertiary/aromatic N) is 2. The molecule has 3 aliphatic rings. The van der Waals surface area contributed by atoms with Crippen LogP contribution in [0.3, 0.4) is 0 Å². The maximum atomic E-state index is 12.4. The van der Waals surface area contributed by atoms with Crippen molar-refractivity contribution in [1.82, 2.24) is 26.3 Å². The Morgan fingerprint density at radius 2 is 2.17 bits per heavy atom. The normalized spacial score (nSPS) is 18.4. The highest BCUT2D eigenvalue weighted by atomic mass is 79.9. The van der Waals surface area contributed by atoms with E-state index < -0.39 is 12.7 Å². The summed E-state index contributed by atoms with van der Waals surface area (Å²) in [5, 5.41) is 4.58. The molecule has 4 rings (SSSR count). The Balaban J connectivity index is 1.54.